The first kappa shape index (κ1) is 15.3. The van der Waals surface area contributed by atoms with Crippen molar-refractivity contribution in [1.82, 2.24) is 9.88 Å². The monoisotopic (exact) mass is 340 g/mol. The predicted octanol–water partition coefficient (Wildman–Crippen LogP) is 4.28. The fourth-order valence-electron chi connectivity index (χ4n) is 3.30. The number of nitrogens with zero attached hydrogens (tertiary/aromatic N) is 1. The van der Waals surface area contributed by atoms with Gasteiger partial charge in [0.1, 0.15) is 5.82 Å². The van der Waals surface area contributed by atoms with Crippen LogP contribution in [0.4, 0.5) is 4.39 Å². The SMILES string of the molecule is Cn1cc(C(=O)N[C@H]2CCSc3c(F)cccc32)c2ccccc21. The van der Waals surface area contributed by atoms with Gasteiger partial charge in [-0.15, -0.1) is 11.8 Å². The average molecular weight is 340 g/mol. The number of benzene rings is 2. The van der Waals surface area contributed by atoms with Gasteiger partial charge in [-0.05, 0) is 24.1 Å². The Hall–Kier alpha value is -2.27. The minimum Gasteiger partial charge on any atom is -0.350 e. The number of thioether (sulfide) groups is 1. The molecule has 1 amide bonds. The standard InChI is InChI=1S/C19H17FN2OS/c1-22-11-14(12-5-2-3-8-17(12)22)19(23)21-16-9-10-24-18-13(16)6-4-7-15(18)20/h2-8,11,16H,9-10H2,1H3,(H,21,23)/t16-/m0/s1. The van der Waals surface area contributed by atoms with E-state index in [-0.39, 0.29) is 17.8 Å². The van der Waals surface area contributed by atoms with Crippen LogP contribution in [0.25, 0.3) is 10.9 Å². The van der Waals surface area contributed by atoms with Gasteiger partial charge in [0.25, 0.3) is 5.91 Å². The summed E-state index contributed by atoms with van der Waals surface area (Å²) in [6.07, 6.45) is 2.65. The number of fused-ring (bicyclic) bond motifs is 2. The lowest BCUT2D eigenvalue weighted by Gasteiger charge is -2.26. The normalized spacial score (nSPS) is 16.8. The molecule has 1 atom stereocenters. The van der Waals surface area contributed by atoms with Gasteiger partial charge in [-0.1, -0.05) is 30.3 Å². The lowest BCUT2D eigenvalue weighted by atomic mass is 10.0. The first-order valence-corrected chi connectivity index (χ1v) is 8.90. The molecule has 5 heteroatoms. The highest BCUT2D eigenvalue weighted by molar-refractivity contribution is 7.99. The number of carbonyl (C=O) groups excluding carboxylic acids is 1. The number of aromatic nitrogens is 1. The maximum atomic E-state index is 14.0. The number of hydrogen-bond acceptors (Lipinski definition) is 2. The highest BCUT2D eigenvalue weighted by Gasteiger charge is 2.25. The van der Waals surface area contributed by atoms with Crippen molar-refractivity contribution in [2.45, 2.75) is 17.4 Å². The zero-order valence-electron chi connectivity index (χ0n) is 13.3. The molecule has 3 aromatic rings. The Morgan fingerprint density at radius 2 is 2.08 bits per heavy atom. The Labute approximate surface area is 143 Å². The lowest BCUT2D eigenvalue weighted by Crippen LogP contribution is -2.30. The van der Waals surface area contributed by atoms with Crippen LogP contribution in [-0.4, -0.2) is 16.2 Å². The third kappa shape index (κ3) is 2.49. The predicted molar refractivity (Wildman–Crippen MR) is 94.9 cm³/mol. The van der Waals surface area contributed by atoms with Crippen molar-refractivity contribution in [3.8, 4) is 0 Å². The van der Waals surface area contributed by atoms with Crippen molar-refractivity contribution in [2.24, 2.45) is 7.05 Å². The van der Waals surface area contributed by atoms with Gasteiger partial charge >= 0.3 is 0 Å². The van der Waals surface area contributed by atoms with E-state index >= 15 is 0 Å². The molecule has 0 bridgehead atoms. The minimum absolute atomic E-state index is 0.112. The van der Waals surface area contributed by atoms with Crippen LogP contribution in [0.5, 0.6) is 0 Å². The number of carbonyl (C=O) groups is 1. The van der Waals surface area contributed by atoms with Crippen LogP contribution in [0.15, 0.2) is 53.6 Å². The van der Waals surface area contributed by atoms with Crippen molar-refractivity contribution in [3.63, 3.8) is 0 Å². The molecule has 0 aliphatic carbocycles. The van der Waals surface area contributed by atoms with Gasteiger partial charge in [-0.2, -0.15) is 0 Å². The van der Waals surface area contributed by atoms with Gasteiger partial charge in [0.2, 0.25) is 0 Å². The second kappa shape index (κ2) is 5.98. The molecule has 1 aromatic heterocycles. The number of nitrogens with one attached hydrogen (secondary N) is 1. The summed E-state index contributed by atoms with van der Waals surface area (Å²) in [5.41, 5.74) is 2.55. The maximum absolute atomic E-state index is 14.0. The number of amides is 1. The van der Waals surface area contributed by atoms with E-state index in [1.54, 1.807) is 6.07 Å². The number of hydrogen-bond donors (Lipinski definition) is 1. The summed E-state index contributed by atoms with van der Waals surface area (Å²) < 4.78 is 15.9. The van der Waals surface area contributed by atoms with Gasteiger partial charge in [-0.25, -0.2) is 4.39 Å². The molecule has 122 valence electrons. The van der Waals surface area contributed by atoms with Crippen LogP contribution in [0.2, 0.25) is 0 Å². The fourth-order valence-corrected chi connectivity index (χ4v) is 4.44. The molecule has 24 heavy (non-hydrogen) atoms. The topological polar surface area (TPSA) is 34.0 Å². The first-order valence-electron chi connectivity index (χ1n) is 7.91. The molecule has 2 heterocycles. The zero-order valence-corrected chi connectivity index (χ0v) is 14.1. The average Bonchev–Trinajstić information content (AvgIpc) is 2.93. The van der Waals surface area contributed by atoms with Crippen molar-refractivity contribution in [2.75, 3.05) is 5.75 Å². The molecule has 0 radical (unpaired) electrons. The van der Waals surface area contributed by atoms with E-state index in [0.717, 1.165) is 28.6 Å². The molecule has 2 aromatic carbocycles. The second-order valence-corrected chi connectivity index (χ2v) is 7.10. The molecule has 0 spiro atoms. The molecule has 1 aliphatic heterocycles. The van der Waals surface area contributed by atoms with E-state index in [0.29, 0.717) is 10.5 Å². The third-order valence-electron chi connectivity index (χ3n) is 4.47. The Morgan fingerprint density at radius 3 is 2.96 bits per heavy atom. The van der Waals surface area contributed by atoms with Crippen LogP contribution in [0.1, 0.15) is 28.4 Å². The first-order chi connectivity index (χ1) is 11.6. The highest BCUT2D eigenvalue weighted by Crippen LogP contribution is 2.38. The molecule has 1 N–H and O–H groups in total. The molecule has 3 nitrogen and oxygen atoms in total. The Morgan fingerprint density at radius 1 is 1.25 bits per heavy atom. The number of aryl methyl sites for hydroxylation is 1. The zero-order chi connectivity index (χ0) is 16.7. The van der Waals surface area contributed by atoms with Crippen LogP contribution < -0.4 is 5.32 Å². The van der Waals surface area contributed by atoms with Crippen LogP contribution >= 0.6 is 11.8 Å². The Kier molecular flexibility index (Phi) is 3.81. The van der Waals surface area contributed by atoms with Crippen molar-refractivity contribution >= 4 is 28.6 Å². The van der Waals surface area contributed by atoms with E-state index in [1.165, 1.54) is 17.8 Å². The molecule has 0 saturated carbocycles. The van der Waals surface area contributed by atoms with E-state index < -0.39 is 0 Å². The smallest absolute Gasteiger partial charge is 0.253 e. The van der Waals surface area contributed by atoms with Crippen molar-refractivity contribution < 1.29 is 9.18 Å². The molecular formula is C19H17FN2OS. The van der Waals surface area contributed by atoms with Crippen molar-refractivity contribution in [3.05, 3.63) is 65.6 Å². The van der Waals surface area contributed by atoms with Gasteiger partial charge in [0, 0.05) is 34.8 Å². The Bertz CT molecular complexity index is 934. The largest absolute Gasteiger partial charge is 0.350 e. The maximum Gasteiger partial charge on any atom is 0.253 e. The molecule has 0 saturated heterocycles. The molecule has 0 unspecified atom stereocenters. The molecule has 4 rings (SSSR count). The fraction of sp³-hybridized carbons (Fsp3) is 0.211. The van der Waals surface area contributed by atoms with E-state index in [2.05, 4.69) is 5.32 Å². The van der Waals surface area contributed by atoms with Gasteiger partial charge in [0.05, 0.1) is 11.6 Å². The number of rotatable bonds is 2. The van der Waals surface area contributed by atoms with Crippen LogP contribution in [-0.2, 0) is 7.05 Å². The van der Waals surface area contributed by atoms with Gasteiger partial charge < -0.3 is 9.88 Å². The number of para-hydroxylation sites is 1. The summed E-state index contributed by atoms with van der Waals surface area (Å²) in [5.74, 6) is 0.481. The van der Waals surface area contributed by atoms with E-state index in [9.17, 15) is 9.18 Å². The van der Waals surface area contributed by atoms with Gasteiger partial charge in [-0.3, -0.25) is 4.79 Å². The summed E-state index contributed by atoms with van der Waals surface area (Å²) in [4.78, 5) is 13.5. The number of halogens is 1. The molecule has 1 aliphatic rings. The second-order valence-electron chi connectivity index (χ2n) is 5.99. The van der Waals surface area contributed by atoms with E-state index in [1.807, 2.05) is 48.1 Å². The highest BCUT2D eigenvalue weighted by atomic mass is 32.2. The van der Waals surface area contributed by atoms with Gasteiger partial charge in [0.15, 0.2) is 0 Å². The quantitative estimate of drug-likeness (QED) is 0.755. The van der Waals surface area contributed by atoms with E-state index in [4.69, 9.17) is 0 Å². The third-order valence-corrected chi connectivity index (χ3v) is 5.63. The lowest BCUT2D eigenvalue weighted by molar-refractivity contribution is 0.0936. The summed E-state index contributed by atoms with van der Waals surface area (Å²) in [6.45, 7) is 0. The molecule has 0 fully saturated rings. The summed E-state index contributed by atoms with van der Waals surface area (Å²) in [5, 5.41) is 4.02. The van der Waals surface area contributed by atoms with Crippen LogP contribution in [0, 0.1) is 5.82 Å². The minimum atomic E-state index is -0.207. The van der Waals surface area contributed by atoms with Crippen molar-refractivity contribution in [1.29, 1.82) is 0 Å². The Balaban J connectivity index is 1.67. The molecular weight excluding hydrogens is 323 g/mol. The van der Waals surface area contributed by atoms with Crippen LogP contribution in [0.3, 0.4) is 0 Å². The summed E-state index contributed by atoms with van der Waals surface area (Å²) in [7, 11) is 1.93. The summed E-state index contributed by atoms with van der Waals surface area (Å²) >= 11 is 1.52. The summed E-state index contributed by atoms with van der Waals surface area (Å²) in [6, 6.07) is 12.8.